The summed E-state index contributed by atoms with van der Waals surface area (Å²) in [7, 11) is 0. The van der Waals surface area contributed by atoms with E-state index in [4.69, 9.17) is 0 Å². The number of hydrogen-bond acceptors (Lipinski definition) is 1. The summed E-state index contributed by atoms with van der Waals surface area (Å²) in [5.74, 6) is 0. The predicted octanol–water partition coefficient (Wildman–Crippen LogP) is 1.32. The van der Waals surface area contributed by atoms with E-state index in [1.807, 2.05) is 0 Å². The Balaban J connectivity index is 2.03. The lowest BCUT2D eigenvalue weighted by Crippen LogP contribution is -2.32. The Hall–Kier alpha value is -0.300. The number of allylic oxidation sites excluding steroid dienone is 1. The normalized spacial score (nSPS) is 30.9. The molecular weight excluding hydrogens is 110 g/mol. The molecule has 1 aliphatic carbocycles. The van der Waals surface area contributed by atoms with E-state index in [-0.39, 0.29) is 0 Å². The topological polar surface area (TPSA) is 12.0 Å². The van der Waals surface area contributed by atoms with Crippen LogP contribution in [0.5, 0.6) is 0 Å². The summed E-state index contributed by atoms with van der Waals surface area (Å²) in [6.45, 7) is 6.42. The minimum Gasteiger partial charge on any atom is -0.316 e. The maximum absolute atomic E-state index is 3.95. The van der Waals surface area contributed by atoms with Crippen molar-refractivity contribution in [3.8, 4) is 0 Å². The Morgan fingerprint density at radius 1 is 1.44 bits per heavy atom. The second-order valence-corrected chi connectivity index (χ2v) is 3.53. The lowest BCUT2D eigenvalue weighted by atomic mass is 9.66. The van der Waals surface area contributed by atoms with Gasteiger partial charge >= 0.3 is 0 Å². The fraction of sp³-hybridized carbons (Fsp3) is 0.750. The van der Waals surface area contributed by atoms with E-state index in [0.29, 0.717) is 5.41 Å². The van der Waals surface area contributed by atoms with Crippen LogP contribution in [0.4, 0.5) is 0 Å². The van der Waals surface area contributed by atoms with E-state index >= 15 is 0 Å². The third kappa shape index (κ3) is 0.715. The van der Waals surface area contributed by atoms with Gasteiger partial charge in [-0.1, -0.05) is 12.2 Å². The van der Waals surface area contributed by atoms with Gasteiger partial charge in [0.25, 0.3) is 0 Å². The highest BCUT2D eigenvalue weighted by atomic mass is 14.9. The van der Waals surface area contributed by atoms with Crippen molar-refractivity contribution in [3.63, 3.8) is 0 Å². The Labute approximate surface area is 56.1 Å². The standard InChI is InChI=1S/C8H13N/c1-7-4-8(5-7)2-3-9-6-8/h9H,1-6H2. The summed E-state index contributed by atoms with van der Waals surface area (Å²) in [4.78, 5) is 0. The highest BCUT2D eigenvalue weighted by Gasteiger charge is 2.41. The van der Waals surface area contributed by atoms with Crippen molar-refractivity contribution in [2.75, 3.05) is 13.1 Å². The van der Waals surface area contributed by atoms with E-state index in [0.717, 1.165) is 0 Å². The molecule has 50 valence electrons. The molecule has 9 heavy (non-hydrogen) atoms. The molecule has 0 radical (unpaired) electrons. The van der Waals surface area contributed by atoms with Gasteiger partial charge in [0.15, 0.2) is 0 Å². The van der Waals surface area contributed by atoms with Gasteiger partial charge in [-0.15, -0.1) is 0 Å². The molecule has 1 N–H and O–H groups in total. The fourth-order valence-corrected chi connectivity index (χ4v) is 2.11. The maximum atomic E-state index is 3.95. The largest absolute Gasteiger partial charge is 0.316 e. The summed E-state index contributed by atoms with van der Waals surface area (Å²) in [6.07, 6.45) is 3.96. The van der Waals surface area contributed by atoms with Crippen molar-refractivity contribution in [2.24, 2.45) is 5.41 Å². The molecule has 0 atom stereocenters. The molecule has 1 heterocycles. The molecule has 2 rings (SSSR count). The SMILES string of the molecule is C=C1CC2(CCNC2)C1. The smallest absolute Gasteiger partial charge is 0.00144 e. The highest BCUT2D eigenvalue weighted by Crippen LogP contribution is 2.48. The Bertz CT molecular complexity index is 133. The maximum Gasteiger partial charge on any atom is 0.00144 e. The van der Waals surface area contributed by atoms with Crippen molar-refractivity contribution >= 4 is 0 Å². The zero-order valence-corrected chi connectivity index (χ0v) is 5.74. The summed E-state index contributed by atoms with van der Waals surface area (Å²) >= 11 is 0. The highest BCUT2D eigenvalue weighted by molar-refractivity contribution is 5.17. The third-order valence-corrected chi connectivity index (χ3v) is 2.58. The molecular formula is C8H13N. The number of hydrogen-bond donors (Lipinski definition) is 1. The molecule has 2 fully saturated rings. The monoisotopic (exact) mass is 123 g/mol. The van der Waals surface area contributed by atoms with Gasteiger partial charge in [-0.2, -0.15) is 0 Å². The first-order valence-electron chi connectivity index (χ1n) is 3.68. The lowest BCUT2D eigenvalue weighted by Gasteiger charge is -2.39. The van der Waals surface area contributed by atoms with Crippen LogP contribution in [0, 0.1) is 5.41 Å². The van der Waals surface area contributed by atoms with Crippen LogP contribution in [-0.4, -0.2) is 13.1 Å². The van der Waals surface area contributed by atoms with E-state index in [9.17, 15) is 0 Å². The molecule has 1 saturated heterocycles. The summed E-state index contributed by atoms with van der Waals surface area (Å²) in [5.41, 5.74) is 2.13. The van der Waals surface area contributed by atoms with E-state index in [2.05, 4.69) is 11.9 Å². The van der Waals surface area contributed by atoms with Gasteiger partial charge < -0.3 is 5.32 Å². The Kier molecular flexibility index (Phi) is 0.974. The third-order valence-electron chi connectivity index (χ3n) is 2.58. The minimum atomic E-state index is 0.678. The van der Waals surface area contributed by atoms with Gasteiger partial charge in [0.2, 0.25) is 0 Å². The fourth-order valence-electron chi connectivity index (χ4n) is 2.11. The van der Waals surface area contributed by atoms with Gasteiger partial charge in [0, 0.05) is 6.54 Å². The van der Waals surface area contributed by atoms with Crippen molar-refractivity contribution < 1.29 is 0 Å². The molecule has 0 bridgehead atoms. The van der Waals surface area contributed by atoms with Crippen LogP contribution in [0.1, 0.15) is 19.3 Å². The minimum absolute atomic E-state index is 0.678. The number of rotatable bonds is 0. The van der Waals surface area contributed by atoms with Crippen LogP contribution in [-0.2, 0) is 0 Å². The molecule has 0 aromatic carbocycles. The van der Waals surface area contributed by atoms with Crippen LogP contribution in [0.15, 0.2) is 12.2 Å². The molecule has 0 aromatic rings. The van der Waals surface area contributed by atoms with Crippen molar-refractivity contribution in [2.45, 2.75) is 19.3 Å². The molecule has 0 unspecified atom stereocenters. The molecule has 1 nitrogen and oxygen atoms in total. The van der Waals surface area contributed by atoms with Crippen molar-refractivity contribution in [3.05, 3.63) is 12.2 Å². The molecule has 0 amide bonds. The van der Waals surface area contributed by atoms with E-state index in [1.54, 1.807) is 0 Å². The van der Waals surface area contributed by atoms with Crippen molar-refractivity contribution in [1.82, 2.24) is 5.32 Å². The lowest BCUT2D eigenvalue weighted by molar-refractivity contribution is 0.239. The second-order valence-electron chi connectivity index (χ2n) is 3.53. The van der Waals surface area contributed by atoms with Crippen molar-refractivity contribution in [1.29, 1.82) is 0 Å². The molecule has 0 aromatic heterocycles. The molecule has 1 heteroatoms. The zero-order chi connectivity index (χ0) is 6.32. The van der Waals surface area contributed by atoms with Crippen LogP contribution >= 0.6 is 0 Å². The summed E-state index contributed by atoms with van der Waals surface area (Å²) < 4.78 is 0. The first kappa shape index (κ1) is 5.48. The Morgan fingerprint density at radius 3 is 2.67 bits per heavy atom. The van der Waals surface area contributed by atoms with E-state index < -0.39 is 0 Å². The molecule has 1 spiro atoms. The van der Waals surface area contributed by atoms with Crippen LogP contribution in [0.25, 0.3) is 0 Å². The van der Waals surface area contributed by atoms with Crippen LogP contribution in [0.2, 0.25) is 0 Å². The van der Waals surface area contributed by atoms with Crippen LogP contribution in [0.3, 0.4) is 0 Å². The average Bonchev–Trinajstić information content (AvgIpc) is 2.12. The van der Waals surface area contributed by atoms with Crippen LogP contribution < -0.4 is 5.32 Å². The Morgan fingerprint density at radius 2 is 2.22 bits per heavy atom. The zero-order valence-electron chi connectivity index (χ0n) is 5.74. The van der Waals surface area contributed by atoms with E-state index in [1.165, 1.54) is 37.9 Å². The first-order chi connectivity index (χ1) is 4.31. The average molecular weight is 123 g/mol. The quantitative estimate of drug-likeness (QED) is 0.479. The summed E-state index contributed by atoms with van der Waals surface area (Å²) in [5, 5.41) is 3.39. The summed E-state index contributed by atoms with van der Waals surface area (Å²) in [6, 6.07) is 0. The van der Waals surface area contributed by atoms with Gasteiger partial charge in [0.1, 0.15) is 0 Å². The van der Waals surface area contributed by atoms with Gasteiger partial charge in [-0.3, -0.25) is 0 Å². The van der Waals surface area contributed by atoms with Gasteiger partial charge in [0.05, 0.1) is 0 Å². The second kappa shape index (κ2) is 1.60. The predicted molar refractivity (Wildman–Crippen MR) is 38.3 cm³/mol. The first-order valence-corrected chi connectivity index (χ1v) is 3.68. The molecule has 1 aliphatic heterocycles. The molecule has 1 saturated carbocycles. The molecule has 2 aliphatic rings. The number of nitrogens with one attached hydrogen (secondary N) is 1. The van der Waals surface area contributed by atoms with Gasteiger partial charge in [-0.05, 0) is 31.2 Å². The van der Waals surface area contributed by atoms with Gasteiger partial charge in [-0.25, -0.2) is 0 Å².